The van der Waals surface area contributed by atoms with Crippen LogP contribution in [0.5, 0.6) is 0 Å². The maximum Gasteiger partial charge on any atom is 0.472 e. The van der Waals surface area contributed by atoms with E-state index in [0.29, 0.717) is 31.6 Å². The summed E-state index contributed by atoms with van der Waals surface area (Å²) in [7, 11) is -9.90. The van der Waals surface area contributed by atoms with Gasteiger partial charge in [0.1, 0.15) is 19.3 Å². The molecule has 0 aromatic carbocycles. The zero-order chi connectivity index (χ0) is 65.9. The Bertz CT molecular complexity index is 1750. The minimum atomic E-state index is -4.95. The SMILES string of the molecule is CCCCCCCCCCCCCCCC(=O)OC[C@H](COP(=O)(O)OC[C@@H](O)COP(=O)(O)OC[C@@H](COC(=O)CCCCCCCCCC(C)C)OC(=O)CCCCCCCCCCC(C)CC)OC(=O)CCCCCCCCCCCCC(C)CC. The molecule has 0 amide bonds. The number of hydrogen-bond donors (Lipinski definition) is 3. The summed E-state index contributed by atoms with van der Waals surface area (Å²) in [5.74, 6) is 0.150. The van der Waals surface area contributed by atoms with Crippen LogP contribution < -0.4 is 0 Å². The number of aliphatic hydroxyl groups is 1. The van der Waals surface area contributed by atoms with Crippen molar-refractivity contribution < 1.29 is 80.2 Å². The molecule has 7 atom stereocenters. The monoisotopic (exact) mass is 1310 g/mol. The van der Waals surface area contributed by atoms with Crippen molar-refractivity contribution >= 4 is 39.5 Å². The molecule has 17 nitrogen and oxygen atoms in total. The van der Waals surface area contributed by atoms with E-state index in [4.69, 9.17) is 37.0 Å². The molecule has 0 rings (SSSR count). The fraction of sp³-hybridized carbons (Fsp3) is 0.943. The normalized spacial score (nSPS) is 14.8. The molecule has 3 N–H and O–H groups in total. The number of esters is 4. The van der Waals surface area contributed by atoms with Crippen molar-refractivity contribution in [3.8, 4) is 0 Å². The van der Waals surface area contributed by atoms with E-state index in [9.17, 15) is 43.2 Å². The first-order valence-electron chi connectivity index (χ1n) is 36.4. The molecule has 0 aromatic heterocycles. The average molecular weight is 1310 g/mol. The summed E-state index contributed by atoms with van der Waals surface area (Å²) >= 11 is 0. The van der Waals surface area contributed by atoms with E-state index in [1.165, 1.54) is 154 Å². The number of carbonyl (C=O) groups excluding carboxylic acids is 4. The number of ether oxygens (including phenoxy) is 4. The van der Waals surface area contributed by atoms with Crippen LogP contribution in [0.25, 0.3) is 0 Å². The van der Waals surface area contributed by atoms with Gasteiger partial charge in [-0.1, -0.05) is 299 Å². The molecule has 0 aliphatic carbocycles. The van der Waals surface area contributed by atoms with Gasteiger partial charge in [0, 0.05) is 25.7 Å². The molecular weight excluding hydrogens is 1170 g/mol. The van der Waals surface area contributed by atoms with Gasteiger partial charge in [0.2, 0.25) is 0 Å². The van der Waals surface area contributed by atoms with Crippen molar-refractivity contribution in [2.45, 2.75) is 369 Å². The number of rotatable bonds is 68. The quantitative estimate of drug-likeness (QED) is 0.0222. The molecular formula is C70H136O17P2. The zero-order valence-corrected chi connectivity index (χ0v) is 59.7. The highest BCUT2D eigenvalue weighted by atomic mass is 31.2. The first-order chi connectivity index (χ1) is 42.8. The third-order valence-corrected chi connectivity index (χ3v) is 18.8. The Morgan fingerprint density at radius 1 is 0.326 bits per heavy atom. The van der Waals surface area contributed by atoms with Gasteiger partial charge in [0.15, 0.2) is 12.2 Å². The lowest BCUT2D eigenvalue weighted by atomic mass is 9.99. The minimum Gasteiger partial charge on any atom is -0.462 e. The van der Waals surface area contributed by atoms with Gasteiger partial charge in [-0.2, -0.15) is 0 Å². The Morgan fingerprint density at radius 2 is 0.573 bits per heavy atom. The fourth-order valence-corrected chi connectivity index (χ4v) is 12.1. The second kappa shape index (κ2) is 61.0. The van der Waals surface area contributed by atoms with E-state index in [1.807, 2.05) is 0 Å². The van der Waals surface area contributed by atoms with Gasteiger partial charge in [0.05, 0.1) is 26.4 Å². The van der Waals surface area contributed by atoms with E-state index >= 15 is 0 Å². The van der Waals surface area contributed by atoms with Gasteiger partial charge >= 0.3 is 39.5 Å². The van der Waals surface area contributed by atoms with Crippen LogP contribution in [0.15, 0.2) is 0 Å². The number of phosphoric ester groups is 2. The van der Waals surface area contributed by atoms with E-state index in [0.717, 1.165) is 108 Å². The molecule has 0 aliphatic rings. The van der Waals surface area contributed by atoms with Gasteiger partial charge < -0.3 is 33.8 Å². The Labute approximate surface area is 543 Å². The number of phosphoric acid groups is 2. The summed E-state index contributed by atoms with van der Waals surface area (Å²) in [6.07, 6.45) is 44.3. The van der Waals surface area contributed by atoms with Gasteiger partial charge in [-0.3, -0.25) is 37.3 Å². The lowest BCUT2D eigenvalue weighted by Gasteiger charge is -2.21. The lowest BCUT2D eigenvalue weighted by molar-refractivity contribution is -0.161. The van der Waals surface area contributed by atoms with Crippen molar-refractivity contribution in [1.29, 1.82) is 0 Å². The Kier molecular flexibility index (Phi) is 59.6. The molecule has 4 unspecified atom stereocenters. The summed E-state index contributed by atoms with van der Waals surface area (Å²) < 4.78 is 68.3. The molecule has 0 saturated heterocycles. The highest BCUT2D eigenvalue weighted by Gasteiger charge is 2.30. The fourth-order valence-electron chi connectivity index (χ4n) is 10.5. The Morgan fingerprint density at radius 3 is 0.854 bits per heavy atom. The second-order valence-electron chi connectivity index (χ2n) is 26.2. The highest BCUT2D eigenvalue weighted by molar-refractivity contribution is 7.47. The number of aliphatic hydroxyl groups excluding tert-OH is 1. The zero-order valence-electron chi connectivity index (χ0n) is 57.9. The average Bonchev–Trinajstić information content (AvgIpc) is 3.54. The molecule has 0 spiro atoms. The van der Waals surface area contributed by atoms with Gasteiger partial charge in [-0.25, -0.2) is 9.13 Å². The number of carbonyl (C=O) groups is 4. The molecule has 528 valence electrons. The van der Waals surface area contributed by atoms with Crippen molar-refractivity contribution in [2.24, 2.45) is 17.8 Å². The standard InChI is InChI=1S/C70H136O17P2/c1-8-11-12-13-14-15-16-17-18-22-30-37-44-51-67(72)80-57-65(86-69(74)53-46-39-31-23-20-19-21-28-35-42-49-62(6)9-2)59-84-88(76,77)82-55-64(71)56-83-89(78,79)85-60-66(58-81-68(73)52-45-38-33-26-27-34-41-48-61(4)5)87-70(75)54-47-40-32-25-24-29-36-43-50-63(7)10-3/h61-66,71H,8-60H2,1-7H3,(H,76,77)(H,78,79)/t62?,63?,64-,65-,66-/m1/s1. The van der Waals surface area contributed by atoms with Gasteiger partial charge in [0.25, 0.3) is 0 Å². The summed E-state index contributed by atoms with van der Waals surface area (Å²) in [5.41, 5.74) is 0. The third kappa shape index (κ3) is 62.0. The van der Waals surface area contributed by atoms with E-state index < -0.39 is 97.5 Å². The lowest BCUT2D eigenvalue weighted by Crippen LogP contribution is -2.30. The molecule has 0 fully saturated rings. The smallest absolute Gasteiger partial charge is 0.462 e. The van der Waals surface area contributed by atoms with Crippen LogP contribution in [0.1, 0.15) is 350 Å². The van der Waals surface area contributed by atoms with Crippen molar-refractivity contribution in [2.75, 3.05) is 39.6 Å². The van der Waals surface area contributed by atoms with Crippen LogP contribution in [-0.4, -0.2) is 96.7 Å². The first-order valence-corrected chi connectivity index (χ1v) is 39.4. The third-order valence-electron chi connectivity index (χ3n) is 16.9. The molecule has 0 heterocycles. The minimum absolute atomic E-state index is 0.104. The molecule has 19 heteroatoms. The van der Waals surface area contributed by atoms with Crippen molar-refractivity contribution in [1.82, 2.24) is 0 Å². The van der Waals surface area contributed by atoms with E-state index in [1.54, 1.807) is 0 Å². The van der Waals surface area contributed by atoms with Crippen LogP contribution in [0.4, 0.5) is 0 Å². The second-order valence-corrected chi connectivity index (χ2v) is 29.1. The molecule has 0 bridgehead atoms. The largest absolute Gasteiger partial charge is 0.472 e. The summed E-state index contributed by atoms with van der Waals surface area (Å²) in [6.45, 7) is 11.8. The van der Waals surface area contributed by atoms with Crippen LogP contribution in [0, 0.1) is 17.8 Å². The predicted octanol–water partition coefficient (Wildman–Crippen LogP) is 19.8. The topological polar surface area (TPSA) is 237 Å². The van der Waals surface area contributed by atoms with Crippen LogP contribution >= 0.6 is 15.6 Å². The van der Waals surface area contributed by atoms with Crippen LogP contribution in [0.3, 0.4) is 0 Å². The number of hydrogen-bond acceptors (Lipinski definition) is 15. The maximum atomic E-state index is 13.0. The summed E-state index contributed by atoms with van der Waals surface area (Å²) in [5, 5.41) is 10.6. The van der Waals surface area contributed by atoms with Crippen molar-refractivity contribution in [3.05, 3.63) is 0 Å². The molecule has 0 saturated carbocycles. The molecule has 89 heavy (non-hydrogen) atoms. The predicted molar refractivity (Wildman–Crippen MR) is 358 cm³/mol. The highest BCUT2D eigenvalue weighted by Crippen LogP contribution is 2.45. The summed E-state index contributed by atoms with van der Waals surface area (Å²) in [6, 6.07) is 0. The Hall–Kier alpha value is -1.94. The van der Waals surface area contributed by atoms with Crippen LogP contribution in [-0.2, 0) is 65.4 Å². The van der Waals surface area contributed by atoms with E-state index in [-0.39, 0.29) is 25.7 Å². The number of unbranched alkanes of at least 4 members (excludes halogenated alkanes) is 34. The molecule has 0 aromatic rings. The van der Waals surface area contributed by atoms with Gasteiger partial charge in [-0.15, -0.1) is 0 Å². The van der Waals surface area contributed by atoms with Crippen LogP contribution in [0.2, 0.25) is 0 Å². The van der Waals surface area contributed by atoms with E-state index in [2.05, 4.69) is 48.5 Å². The molecule has 0 aliphatic heterocycles. The summed E-state index contributed by atoms with van der Waals surface area (Å²) in [4.78, 5) is 72.5. The van der Waals surface area contributed by atoms with Gasteiger partial charge in [-0.05, 0) is 43.4 Å². The molecule has 0 radical (unpaired) electrons. The first kappa shape index (κ1) is 87.1. The maximum absolute atomic E-state index is 13.0. The van der Waals surface area contributed by atoms with Crippen molar-refractivity contribution in [3.63, 3.8) is 0 Å². The Balaban J connectivity index is 5.27.